The highest BCUT2D eigenvalue weighted by Gasteiger charge is 2.31. The van der Waals surface area contributed by atoms with Crippen molar-refractivity contribution < 1.29 is 14.3 Å². The summed E-state index contributed by atoms with van der Waals surface area (Å²) in [6.07, 6.45) is 5.13. The first-order valence-electron chi connectivity index (χ1n) is 8.46. The second-order valence-electron chi connectivity index (χ2n) is 6.16. The number of aryl methyl sites for hydroxylation is 1. The number of ether oxygens (including phenoxy) is 2. The molecule has 2 fully saturated rings. The fourth-order valence-electron chi connectivity index (χ4n) is 3.31. The normalized spacial score (nSPS) is 23.7. The second kappa shape index (κ2) is 8.42. The zero-order chi connectivity index (χ0) is 15.9. The molecule has 3 heterocycles. The van der Waals surface area contributed by atoms with E-state index in [1.807, 2.05) is 12.3 Å². The van der Waals surface area contributed by atoms with E-state index in [0.717, 1.165) is 45.9 Å². The summed E-state index contributed by atoms with van der Waals surface area (Å²) in [5.74, 6) is 0.581. The fraction of sp³-hybridized carbons (Fsp3) is 0.750. The monoisotopic (exact) mass is 322 g/mol. The number of hydrogen-bond acceptors (Lipinski definition) is 5. The van der Waals surface area contributed by atoms with Crippen molar-refractivity contribution in [1.82, 2.24) is 20.0 Å². The van der Waals surface area contributed by atoms with Crippen LogP contribution in [-0.4, -0.2) is 72.7 Å². The van der Waals surface area contributed by atoms with Gasteiger partial charge in [-0.1, -0.05) is 0 Å². The Morgan fingerprint density at radius 1 is 1.30 bits per heavy atom. The molecule has 7 nitrogen and oxygen atoms in total. The SMILES string of the molecule is O=C(CCn1cccn1)NC[C@H]([C@@H]1CCOC1)N1CCOCC1. The van der Waals surface area contributed by atoms with Crippen molar-refractivity contribution in [3.63, 3.8) is 0 Å². The van der Waals surface area contributed by atoms with E-state index in [2.05, 4.69) is 15.3 Å². The molecule has 0 saturated carbocycles. The molecule has 3 rings (SSSR count). The van der Waals surface area contributed by atoms with Crippen LogP contribution < -0.4 is 5.32 Å². The molecular weight excluding hydrogens is 296 g/mol. The Hall–Kier alpha value is -1.44. The molecule has 0 aliphatic carbocycles. The lowest BCUT2D eigenvalue weighted by atomic mass is 9.97. The smallest absolute Gasteiger partial charge is 0.221 e. The van der Waals surface area contributed by atoms with Crippen LogP contribution in [0, 0.1) is 5.92 Å². The van der Waals surface area contributed by atoms with Gasteiger partial charge < -0.3 is 14.8 Å². The summed E-state index contributed by atoms with van der Waals surface area (Å²) in [6, 6.07) is 2.21. The lowest BCUT2D eigenvalue weighted by molar-refractivity contribution is -0.121. The highest BCUT2D eigenvalue weighted by atomic mass is 16.5. The Bertz CT molecular complexity index is 468. The molecule has 0 unspecified atom stereocenters. The minimum atomic E-state index is 0.0812. The standard InChI is InChI=1S/C16H26N4O3/c21-16(2-6-20-5-1-4-18-20)17-12-15(14-3-9-23-13-14)19-7-10-22-11-8-19/h1,4-5,14-15H,2-3,6-13H2,(H,17,21)/t14-,15-/m1/s1. The number of hydrogen-bond donors (Lipinski definition) is 1. The molecule has 2 aliphatic rings. The molecule has 1 aromatic heterocycles. The number of nitrogens with zero attached hydrogens (tertiary/aromatic N) is 3. The van der Waals surface area contributed by atoms with E-state index >= 15 is 0 Å². The number of nitrogens with one attached hydrogen (secondary N) is 1. The van der Waals surface area contributed by atoms with E-state index in [1.165, 1.54) is 0 Å². The third-order valence-corrected chi connectivity index (χ3v) is 4.66. The Labute approximate surface area is 136 Å². The van der Waals surface area contributed by atoms with E-state index in [1.54, 1.807) is 10.9 Å². The quantitative estimate of drug-likeness (QED) is 0.773. The van der Waals surface area contributed by atoms with Gasteiger partial charge in [0.2, 0.25) is 5.91 Å². The van der Waals surface area contributed by atoms with Gasteiger partial charge in [-0.2, -0.15) is 5.10 Å². The van der Waals surface area contributed by atoms with Crippen LogP contribution >= 0.6 is 0 Å². The summed E-state index contributed by atoms with van der Waals surface area (Å²) in [4.78, 5) is 14.6. The summed E-state index contributed by atoms with van der Waals surface area (Å²) < 4.78 is 12.8. The van der Waals surface area contributed by atoms with Crippen LogP contribution in [0.15, 0.2) is 18.5 Å². The molecule has 2 saturated heterocycles. The van der Waals surface area contributed by atoms with Gasteiger partial charge in [-0.3, -0.25) is 14.4 Å². The third-order valence-electron chi connectivity index (χ3n) is 4.66. The van der Waals surface area contributed by atoms with Crippen molar-refractivity contribution in [1.29, 1.82) is 0 Å². The minimum absolute atomic E-state index is 0.0812. The highest BCUT2D eigenvalue weighted by Crippen LogP contribution is 2.21. The third kappa shape index (κ3) is 4.76. The molecule has 0 bridgehead atoms. The zero-order valence-corrected chi connectivity index (χ0v) is 13.5. The van der Waals surface area contributed by atoms with Gasteiger partial charge in [-0.15, -0.1) is 0 Å². The van der Waals surface area contributed by atoms with Crippen LogP contribution in [0.3, 0.4) is 0 Å². The fourth-order valence-corrected chi connectivity index (χ4v) is 3.31. The van der Waals surface area contributed by atoms with E-state index in [9.17, 15) is 4.79 Å². The van der Waals surface area contributed by atoms with E-state index in [-0.39, 0.29) is 5.91 Å². The first-order chi connectivity index (χ1) is 11.3. The summed E-state index contributed by atoms with van der Waals surface area (Å²) in [7, 11) is 0. The van der Waals surface area contributed by atoms with Gasteiger partial charge in [0.25, 0.3) is 0 Å². The van der Waals surface area contributed by atoms with Crippen molar-refractivity contribution in [2.24, 2.45) is 5.92 Å². The molecule has 2 atom stereocenters. The lowest BCUT2D eigenvalue weighted by Gasteiger charge is -2.37. The van der Waals surface area contributed by atoms with Crippen molar-refractivity contribution in [2.45, 2.75) is 25.4 Å². The first-order valence-corrected chi connectivity index (χ1v) is 8.46. The van der Waals surface area contributed by atoms with Crippen LogP contribution in [0.5, 0.6) is 0 Å². The second-order valence-corrected chi connectivity index (χ2v) is 6.16. The van der Waals surface area contributed by atoms with Crippen LogP contribution in [0.2, 0.25) is 0 Å². The first kappa shape index (κ1) is 16.4. The Morgan fingerprint density at radius 3 is 2.87 bits per heavy atom. The van der Waals surface area contributed by atoms with Gasteiger partial charge in [-0.05, 0) is 12.5 Å². The number of aromatic nitrogens is 2. The molecule has 128 valence electrons. The van der Waals surface area contributed by atoms with E-state index in [0.29, 0.717) is 31.5 Å². The molecule has 0 spiro atoms. The average Bonchev–Trinajstić information content (AvgIpc) is 3.28. The Balaban J connectivity index is 1.47. The molecule has 23 heavy (non-hydrogen) atoms. The summed E-state index contributed by atoms with van der Waals surface area (Å²) in [5, 5.41) is 7.22. The average molecular weight is 322 g/mol. The van der Waals surface area contributed by atoms with Gasteiger partial charge >= 0.3 is 0 Å². The molecule has 1 N–H and O–H groups in total. The number of carbonyl (C=O) groups is 1. The van der Waals surface area contributed by atoms with Crippen LogP contribution in [-0.2, 0) is 20.8 Å². The minimum Gasteiger partial charge on any atom is -0.381 e. The molecule has 1 aromatic rings. The van der Waals surface area contributed by atoms with E-state index < -0.39 is 0 Å². The molecule has 7 heteroatoms. The highest BCUT2D eigenvalue weighted by molar-refractivity contribution is 5.75. The van der Waals surface area contributed by atoms with Crippen molar-refractivity contribution in [2.75, 3.05) is 46.1 Å². The van der Waals surface area contributed by atoms with Crippen molar-refractivity contribution in [3.8, 4) is 0 Å². The van der Waals surface area contributed by atoms with Gasteiger partial charge in [0.05, 0.1) is 19.8 Å². The molecule has 0 aromatic carbocycles. The Kier molecular flexibility index (Phi) is 6.01. The number of carbonyl (C=O) groups excluding carboxylic acids is 1. The summed E-state index contributed by atoms with van der Waals surface area (Å²) in [6.45, 7) is 6.35. The topological polar surface area (TPSA) is 68.6 Å². The predicted molar refractivity (Wildman–Crippen MR) is 85.0 cm³/mol. The van der Waals surface area contributed by atoms with Crippen LogP contribution in [0.4, 0.5) is 0 Å². The lowest BCUT2D eigenvalue weighted by Crippen LogP contribution is -2.52. The molecule has 2 aliphatic heterocycles. The zero-order valence-electron chi connectivity index (χ0n) is 13.5. The maximum Gasteiger partial charge on any atom is 0.221 e. The van der Waals surface area contributed by atoms with Gasteiger partial charge in [0.1, 0.15) is 0 Å². The maximum atomic E-state index is 12.1. The predicted octanol–water partition coefficient (Wildman–Crippen LogP) is 0.127. The molecule has 1 amide bonds. The van der Waals surface area contributed by atoms with Gasteiger partial charge in [0, 0.05) is 63.6 Å². The maximum absolute atomic E-state index is 12.1. The van der Waals surface area contributed by atoms with Crippen molar-refractivity contribution in [3.05, 3.63) is 18.5 Å². The van der Waals surface area contributed by atoms with Gasteiger partial charge in [-0.25, -0.2) is 0 Å². The van der Waals surface area contributed by atoms with Gasteiger partial charge in [0.15, 0.2) is 0 Å². The largest absolute Gasteiger partial charge is 0.381 e. The van der Waals surface area contributed by atoms with Crippen LogP contribution in [0.25, 0.3) is 0 Å². The van der Waals surface area contributed by atoms with Crippen LogP contribution in [0.1, 0.15) is 12.8 Å². The number of morpholine rings is 1. The number of rotatable bonds is 7. The van der Waals surface area contributed by atoms with Crippen molar-refractivity contribution >= 4 is 5.91 Å². The number of amides is 1. The molecular formula is C16H26N4O3. The summed E-state index contributed by atoms with van der Waals surface area (Å²) >= 11 is 0. The molecule has 0 radical (unpaired) electrons. The summed E-state index contributed by atoms with van der Waals surface area (Å²) in [5.41, 5.74) is 0. The van der Waals surface area contributed by atoms with E-state index in [4.69, 9.17) is 9.47 Å². The Morgan fingerprint density at radius 2 is 2.17 bits per heavy atom.